The quantitative estimate of drug-likeness (QED) is 0.179. The Kier molecular flexibility index (Phi) is 10.2. The van der Waals surface area contributed by atoms with Gasteiger partial charge in [-0.25, -0.2) is 0 Å². The Labute approximate surface area is 344 Å². The maximum atomic E-state index is 5.05. The number of hydrogen-bond donors (Lipinski definition) is 0. The first-order valence-corrected chi connectivity index (χ1v) is 20.9. The molecule has 16 heterocycles. The molecule has 16 aliphatic rings. The van der Waals surface area contributed by atoms with Crippen LogP contribution in [-0.4, -0.2) is 9.97 Å². The molecule has 0 saturated carbocycles. The van der Waals surface area contributed by atoms with Crippen LogP contribution in [0.5, 0.6) is 0 Å². The Morgan fingerprint density at radius 1 is 0.448 bits per heavy atom. The van der Waals surface area contributed by atoms with E-state index >= 15 is 0 Å². The fourth-order valence-corrected chi connectivity index (χ4v) is 8.90. The van der Waals surface area contributed by atoms with Crippen LogP contribution in [-0.2, 0) is 19.3 Å². The van der Waals surface area contributed by atoms with E-state index in [1.165, 1.54) is 107 Å². The number of rotatable bonds is 4. The van der Waals surface area contributed by atoms with Crippen LogP contribution in [0.1, 0.15) is 58.7 Å². The highest BCUT2D eigenvalue weighted by Gasteiger charge is 2.17. The van der Waals surface area contributed by atoms with Gasteiger partial charge >= 0.3 is 0 Å². The molecule has 284 valence electrons. The van der Waals surface area contributed by atoms with Crippen molar-refractivity contribution in [1.29, 1.82) is 0 Å². The van der Waals surface area contributed by atoms with Crippen LogP contribution in [0.4, 0.5) is 0 Å². The summed E-state index contributed by atoms with van der Waals surface area (Å²) in [5, 5.41) is 0. The van der Waals surface area contributed by atoms with Crippen LogP contribution < -0.4 is 0 Å². The summed E-state index contributed by atoms with van der Waals surface area (Å²) in [5.41, 5.74) is 25.5. The van der Waals surface area contributed by atoms with Crippen LogP contribution in [0.3, 0.4) is 0 Å². The van der Waals surface area contributed by atoms with E-state index in [1.54, 1.807) is 0 Å². The lowest BCUT2D eigenvalue weighted by molar-refractivity contribution is 0.783. The lowest BCUT2D eigenvalue weighted by Gasteiger charge is -2.18. The third-order valence-corrected chi connectivity index (χ3v) is 12.0. The second-order valence-corrected chi connectivity index (χ2v) is 16.3. The highest BCUT2D eigenvalue weighted by Crippen LogP contribution is 2.42. The molecule has 14 bridgehead atoms. The average Bonchev–Trinajstić information content (AvgIpc) is 3.24. The molecule has 0 amide bonds. The smallest absolute Gasteiger partial charge is 0.0705 e. The van der Waals surface area contributed by atoms with Gasteiger partial charge in [0.1, 0.15) is 0 Å². The molecule has 58 heavy (non-hydrogen) atoms. The van der Waals surface area contributed by atoms with E-state index in [4.69, 9.17) is 9.97 Å². The number of aromatic nitrogens is 2. The van der Waals surface area contributed by atoms with Gasteiger partial charge in [-0.1, -0.05) is 152 Å². The SMILES string of the molecule is CCCCc1cc2ccc1CCc1ccc(cc1)-c1cnc(cc1C)-c1ccc(cc1)-c1cccc(c1-c1cc(C)cc(C)c1)-c1ccc(cc1)-c1cc(C)c-2cn1. The van der Waals surface area contributed by atoms with E-state index in [2.05, 4.69) is 180 Å². The molecular weight excluding hydrogens is 701 g/mol. The number of nitrogens with zero attached hydrogens (tertiary/aromatic N) is 2. The maximum absolute atomic E-state index is 5.05. The highest BCUT2D eigenvalue weighted by molar-refractivity contribution is 5.95. The molecule has 0 radical (unpaired) electrons. The van der Waals surface area contributed by atoms with E-state index in [0.717, 1.165) is 41.8 Å². The van der Waals surface area contributed by atoms with Gasteiger partial charge in [-0.05, 0) is 138 Å². The van der Waals surface area contributed by atoms with Crippen LogP contribution in [0.15, 0.2) is 152 Å². The van der Waals surface area contributed by atoms with Crippen molar-refractivity contribution in [1.82, 2.24) is 9.97 Å². The first-order valence-electron chi connectivity index (χ1n) is 20.9. The molecule has 0 unspecified atom stereocenters. The number of aryl methyl sites for hydroxylation is 7. The van der Waals surface area contributed by atoms with Crippen molar-refractivity contribution < 1.29 is 0 Å². The monoisotopic (exact) mass is 750 g/mol. The zero-order valence-corrected chi connectivity index (χ0v) is 34.4. The molecule has 2 aliphatic carbocycles. The van der Waals surface area contributed by atoms with Crippen molar-refractivity contribution in [2.75, 3.05) is 0 Å². The van der Waals surface area contributed by atoms with E-state index in [9.17, 15) is 0 Å². The molecule has 8 aromatic rings. The minimum Gasteiger partial charge on any atom is -0.256 e. The van der Waals surface area contributed by atoms with Crippen molar-refractivity contribution in [2.24, 2.45) is 0 Å². The van der Waals surface area contributed by atoms with Gasteiger partial charge in [0.2, 0.25) is 0 Å². The molecule has 6 aromatic carbocycles. The molecule has 24 rings (SSSR count). The van der Waals surface area contributed by atoms with Crippen molar-refractivity contribution >= 4 is 0 Å². The molecular formula is C56H50N2. The molecule has 0 saturated heterocycles. The van der Waals surface area contributed by atoms with Crippen LogP contribution in [0.2, 0.25) is 0 Å². The third-order valence-electron chi connectivity index (χ3n) is 12.0. The van der Waals surface area contributed by atoms with Crippen molar-refractivity contribution in [2.45, 2.75) is 66.7 Å². The zero-order valence-electron chi connectivity index (χ0n) is 34.4. The average molecular weight is 751 g/mol. The fourth-order valence-electron chi connectivity index (χ4n) is 8.90. The summed E-state index contributed by atoms with van der Waals surface area (Å²) in [4.78, 5) is 10.0. The van der Waals surface area contributed by atoms with Gasteiger partial charge < -0.3 is 0 Å². The Morgan fingerprint density at radius 2 is 0.948 bits per heavy atom. The van der Waals surface area contributed by atoms with Crippen LogP contribution >= 0.6 is 0 Å². The number of benzene rings is 6. The standard InChI is InChI=1S/C56H50N2/c1-6-7-9-47-33-48-27-18-41(47)15-12-40-13-16-44(17-14-40)52-34-57-54(31-38(52)4)45-23-19-42(20-24-45)50-10-8-11-51(56(50)49-29-36(2)28-37(3)30-49)43-21-25-46(26-22-43)55-32-39(5)53(48)35-58-55/h8,10-11,13-14,16-35H,6-7,9,12,15H2,1-5H3. The van der Waals surface area contributed by atoms with E-state index in [0.29, 0.717) is 0 Å². The minimum absolute atomic E-state index is 0.987. The Balaban J connectivity index is 1.19. The van der Waals surface area contributed by atoms with Gasteiger partial charge in [-0.3, -0.25) is 9.97 Å². The Morgan fingerprint density at radius 3 is 1.50 bits per heavy atom. The van der Waals surface area contributed by atoms with Gasteiger partial charge in [-0.2, -0.15) is 0 Å². The van der Waals surface area contributed by atoms with Gasteiger partial charge in [0, 0.05) is 34.6 Å². The normalized spacial score (nSPS) is 11.9. The predicted molar refractivity (Wildman–Crippen MR) is 245 cm³/mol. The molecule has 0 atom stereocenters. The minimum atomic E-state index is 0.987. The second-order valence-electron chi connectivity index (χ2n) is 16.3. The largest absolute Gasteiger partial charge is 0.256 e. The van der Waals surface area contributed by atoms with Crippen molar-refractivity contribution in [3.05, 3.63) is 191 Å². The lowest BCUT2D eigenvalue weighted by atomic mass is 9.86. The first-order chi connectivity index (χ1) is 28.3. The maximum Gasteiger partial charge on any atom is 0.0705 e. The lowest BCUT2D eigenvalue weighted by Crippen LogP contribution is -1.99. The zero-order chi connectivity index (χ0) is 39.8. The van der Waals surface area contributed by atoms with Gasteiger partial charge in [0.25, 0.3) is 0 Å². The van der Waals surface area contributed by atoms with Gasteiger partial charge in [0.05, 0.1) is 11.4 Å². The Bertz CT molecular complexity index is 2750. The fraction of sp³-hybridized carbons (Fsp3) is 0.179. The molecule has 2 nitrogen and oxygen atoms in total. The molecule has 2 heteroatoms. The topological polar surface area (TPSA) is 25.8 Å². The summed E-state index contributed by atoms with van der Waals surface area (Å²) >= 11 is 0. The van der Waals surface area contributed by atoms with Crippen molar-refractivity contribution in [3.63, 3.8) is 0 Å². The van der Waals surface area contributed by atoms with Crippen molar-refractivity contribution in [3.8, 4) is 78.1 Å². The summed E-state index contributed by atoms with van der Waals surface area (Å²) in [7, 11) is 0. The molecule has 0 N–H and O–H groups in total. The second kappa shape index (κ2) is 15.9. The molecule has 2 aromatic heterocycles. The summed E-state index contributed by atoms with van der Waals surface area (Å²) < 4.78 is 0. The van der Waals surface area contributed by atoms with E-state index < -0.39 is 0 Å². The molecule has 0 fully saturated rings. The molecule has 14 aliphatic heterocycles. The summed E-state index contributed by atoms with van der Waals surface area (Å²) in [6.07, 6.45) is 9.61. The third kappa shape index (κ3) is 7.43. The molecule has 0 spiro atoms. The predicted octanol–water partition coefficient (Wildman–Crippen LogP) is 14.8. The van der Waals surface area contributed by atoms with E-state index in [-0.39, 0.29) is 0 Å². The van der Waals surface area contributed by atoms with E-state index in [1.807, 2.05) is 6.20 Å². The summed E-state index contributed by atoms with van der Waals surface area (Å²) in [5.74, 6) is 0. The summed E-state index contributed by atoms with van der Waals surface area (Å²) in [6, 6.07) is 52.2. The first kappa shape index (κ1) is 37.2. The summed E-state index contributed by atoms with van der Waals surface area (Å²) in [6.45, 7) is 11.1. The van der Waals surface area contributed by atoms with Gasteiger partial charge in [0.15, 0.2) is 0 Å². The number of pyridine rings is 2. The van der Waals surface area contributed by atoms with Crippen LogP contribution in [0, 0.1) is 27.7 Å². The Hall–Kier alpha value is -6.38. The number of unbranched alkanes of at least 4 members (excludes halogenated alkanes) is 1. The van der Waals surface area contributed by atoms with Crippen LogP contribution in [0.25, 0.3) is 78.1 Å². The number of hydrogen-bond acceptors (Lipinski definition) is 2. The highest BCUT2D eigenvalue weighted by atomic mass is 14.7. The van der Waals surface area contributed by atoms with Gasteiger partial charge in [-0.15, -0.1) is 0 Å².